The first kappa shape index (κ1) is 16.4. The Bertz CT molecular complexity index is 744. The van der Waals surface area contributed by atoms with E-state index in [4.69, 9.17) is 0 Å². The molecule has 0 bridgehead atoms. The van der Waals surface area contributed by atoms with Crippen molar-refractivity contribution in [3.8, 4) is 0 Å². The van der Waals surface area contributed by atoms with E-state index in [2.05, 4.69) is 0 Å². The Labute approximate surface area is 135 Å². The molecule has 0 amide bonds. The van der Waals surface area contributed by atoms with Gasteiger partial charge in [0.2, 0.25) is 0 Å². The normalized spacial score (nSPS) is 21.1. The average molecular weight is 340 g/mol. The SMILES string of the molecule is CS(=O)(=O)c1ccc(C2(C(=O)O)CC2)c(C2CCCCC2)c1F. The zero-order valence-corrected chi connectivity index (χ0v) is 14.0. The Morgan fingerprint density at radius 1 is 1.22 bits per heavy atom. The standard InChI is InChI=1S/C17H21FO4S/c1-23(21,22)13-8-7-12(17(9-10-17)16(19)20)14(15(13)18)11-5-3-2-4-6-11/h7-8,11H,2-6,9-10H2,1H3,(H,19,20). The van der Waals surface area contributed by atoms with Crippen LogP contribution >= 0.6 is 0 Å². The van der Waals surface area contributed by atoms with Gasteiger partial charge in [-0.1, -0.05) is 25.3 Å². The van der Waals surface area contributed by atoms with E-state index in [1.54, 1.807) is 0 Å². The molecular formula is C17H21FO4S. The van der Waals surface area contributed by atoms with Crippen molar-refractivity contribution in [1.29, 1.82) is 0 Å². The predicted molar refractivity (Wildman–Crippen MR) is 83.9 cm³/mol. The Hall–Kier alpha value is -1.43. The highest BCUT2D eigenvalue weighted by molar-refractivity contribution is 7.90. The lowest BCUT2D eigenvalue weighted by Crippen LogP contribution is -2.24. The molecule has 6 heteroatoms. The van der Waals surface area contributed by atoms with E-state index < -0.39 is 27.0 Å². The van der Waals surface area contributed by atoms with Crippen molar-refractivity contribution in [2.45, 2.75) is 61.2 Å². The molecule has 0 aliphatic heterocycles. The number of carbonyl (C=O) groups is 1. The van der Waals surface area contributed by atoms with Crippen LogP contribution < -0.4 is 0 Å². The summed E-state index contributed by atoms with van der Waals surface area (Å²) in [4.78, 5) is 11.4. The van der Waals surface area contributed by atoms with E-state index in [1.807, 2.05) is 0 Å². The van der Waals surface area contributed by atoms with Crippen molar-refractivity contribution in [1.82, 2.24) is 0 Å². The first-order valence-corrected chi connectivity index (χ1v) is 9.93. The van der Waals surface area contributed by atoms with Crippen LogP contribution in [0.15, 0.2) is 17.0 Å². The minimum absolute atomic E-state index is 0.0859. The molecule has 0 heterocycles. The van der Waals surface area contributed by atoms with Crippen LogP contribution in [0, 0.1) is 5.82 Å². The molecule has 0 radical (unpaired) electrons. The highest BCUT2D eigenvalue weighted by atomic mass is 32.2. The second-order valence-electron chi connectivity index (χ2n) is 6.83. The van der Waals surface area contributed by atoms with E-state index in [0.29, 0.717) is 24.0 Å². The second-order valence-corrected chi connectivity index (χ2v) is 8.82. The van der Waals surface area contributed by atoms with Crippen LogP contribution in [0.4, 0.5) is 4.39 Å². The number of benzene rings is 1. The van der Waals surface area contributed by atoms with Crippen molar-refractivity contribution in [2.75, 3.05) is 6.26 Å². The lowest BCUT2D eigenvalue weighted by Gasteiger charge is -2.27. The molecule has 126 valence electrons. The summed E-state index contributed by atoms with van der Waals surface area (Å²) in [6.07, 6.45) is 6.54. The molecule has 3 rings (SSSR count). The summed E-state index contributed by atoms with van der Waals surface area (Å²) in [5.74, 6) is -1.76. The van der Waals surface area contributed by atoms with Crippen LogP contribution in [-0.4, -0.2) is 25.7 Å². The van der Waals surface area contributed by atoms with Gasteiger partial charge >= 0.3 is 5.97 Å². The molecular weight excluding hydrogens is 319 g/mol. The summed E-state index contributed by atoms with van der Waals surface area (Å²) in [6.45, 7) is 0. The zero-order chi connectivity index (χ0) is 16.8. The summed E-state index contributed by atoms with van der Waals surface area (Å²) >= 11 is 0. The lowest BCUT2D eigenvalue weighted by atomic mass is 9.78. The molecule has 2 aliphatic carbocycles. The van der Waals surface area contributed by atoms with Gasteiger partial charge in [0, 0.05) is 6.26 Å². The van der Waals surface area contributed by atoms with Gasteiger partial charge in [0.1, 0.15) is 10.7 Å². The molecule has 0 aromatic heterocycles. The minimum Gasteiger partial charge on any atom is -0.481 e. The summed E-state index contributed by atoms with van der Waals surface area (Å²) in [7, 11) is -3.68. The van der Waals surface area contributed by atoms with Crippen molar-refractivity contribution in [3.05, 3.63) is 29.1 Å². The fourth-order valence-electron chi connectivity index (χ4n) is 3.79. The number of aliphatic carboxylic acids is 1. The van der Waals surface area contributed by atoms with Crippen molar-refractivity contribution < 1.29 is 22.7 Å². The van der Waals surface area contributed by atoms with E-state index in [9.17, 15) is 18.3 Å². The van der Waals surface area contributed by atoms with E-state index in [1.165, 1.54) is 12.1 Å². The molecule has 1 aromatic rings. The maximum Gasteiger partial charge on any atom is 0.314 e. The second kappa shape index (κ2) is 5.58. The maximum absolute atomic E-state index is 15.1. The maximum atomic E-state index is 15.1. The topological polar surface area (TPSA) is 71.4 Å². The molecule has 4 nitrogen and oxygen atoms in total. The Balaban J connectivity index is 2.20. The van der Waals surface area contributed by atoms with Gasteiger partial charge in [0.15, 0.2) is 9.84 Å². The molecule has 0 spiro atoms. The quantitative estimate of drug-likeness (QED) is 0.912. The minimum atomic E-state index is -3.68. The van der Waals surface area contributed by atoms with E-state index >= 15 is 4.39 Å². The smallest absolute Gasteiger partial charge is 0.314 e. The molecule has 23 heavy (non-hydrogen) atoms. The summed E-state index contributed by atoms with van der Waals surface area (Å²) in [5.41, 5.74) is -0.196. The fourth-order valence-corrected chi connectivity index (χ4v) is 4.54. The Kier molecular flexibility index (Phi) is 3.99. The van der Waals surface area contributed by atoms with Crippen LogP contribution in [0.25, 0.3) is 0 Å². The molecule has 0 unspecified atom stereocenters. The average Bonchev–Trinajstić information content (AvgIpc) is 3.28. The highest BCUT2D eigenvalue weighted by Crippen LogP contribution is 2.52. The van der Waals surface area contributed by atoms with Gasteiger partial charge in [-0.3, -0.25) is 4.79 Å². The number of sulfone groups is 1. The molecule has 0 saturated heterocycles. The third kappa shape index (κ3) is 2.77. The highest BCUT2D eigenvalue weighted by Gasteiger charge is 2.54. The first-order valence-electron chi connectivity index (χ1n) is 8.04. The number of hydrogen-bond acceptors (Lipinski definition) is 3. The first-order chi connectivity index (χ1) is 10.8. The van der Waals surface area contributed by atoms with Crippen LogP contribution in [0.1, 0.15) is 62.0 Å². The van der Waals surface area contributed by atoms with Crippen LogP contribution in [0.2, 0.25) is 0 Å². The van der Waals surface area contributed by atoms with Gasteiger partial charge in [-0.05, 0) is 48.8 Å². The Morgan fingerprint density at radius 3 is 2.30 bits per heavy atom. The zero-order valence-electron chi connectivity index (χ0n) is 13.1. The van der Waals surface area contributed by atoms with Gasteiger partial charge < -0.3 is 5.11 Å². The predicted octanol–water partition coefficient (Wildman–Crippen LogP) is 3.39. The number of carboxylic acids is 1. The van der Waals surface area contributed by atoms with Crippen LogP contribution in [0.3, 0.4) is 0 Å². The summed E-state index contributed by atoms with van der Waals surface area (Å²) in [6, 6.07) is 2.76. The summed E-state index contributed by atoms with van der Waals surface area (Å²) < 4.78 is 38.7. The van der Waals surface area contributed by atoms with Gasteiger partial charge in [0.25, 0.3) is 0 Å². The largest absolute Gasteiger partial charge is 0.481 e. The number of carboxylic acid groups (broad SMARTS) is 1. The molecule has 1 aromatic carbocycles. The van der Waals surface area contributed by atoms with Crippen LogP contribution in [-0.2, 0) is 20.0 Å². The van der Waals surface area contributed by atoms with E-state index in [0.717, 1.165) is 38.4 Å². The van der Waals surface area contributed by atoms with E-state index in [-0.39, 0.29) is 10.8 Å². The van der Waals surface area contributed by atoms with Crippen molar-refractivity contribution in [2.24, 2.45) is 0 Å². The Morgan fingerprint density at radius 2 is 1.83 bits per heavy atom. The monoisotopic (exact) mass is 340 g/mol. The van der Waals surface area contributed by atoms with Crippen molar-refractivity contribution >= 4 is 15.8 Å². The fraction of sp³-hybridized carbons (Fsp3) is 0.588. The van der Waals surface area contributed by atoms with Crippen LogP contribution in [0.5, 0.6) is 0 Å². The third-order valence-corrected chi connectivity index (χ3v) is 6.35. The lowest BCUT2D eigenvalue weighted by molar-refractivity contribution is -0.140. The molecule has 2 fully saturated rings. The molecule has 2 saturated carbocycles. The number of hydrogen-bond donors (Lipinski definition) is 1. The molecule has 1 N–H and O–H groups in total. The van der Waals surface area contributed by atoms with Gasteiger partial charge in [-0.25, -0.2) is 12.8 Å². The van der Waals surface area contributed by atoms with Gasteiger partial charge in [-0.2, -0.15) is 0 Å². The van der Waals surface area contributed by atoms with Gasteiger partial charge in [0.05, 0.1) is 5.41 Å². The third-order valence-electron chi connectivity index (χ3n) is 5.23. The molecule has 0 atom stereocenters. The number of halogens is 1. The van der Waals surface area contributed by atoms with Crippen molar-refractivity contribution in [3.63, 3.8) is 0 Å². The number of rotatable bonds is 4. The molecule has 2 aliphatic rings. The summed E-state index contributed by atoms with van der Waals surface area (Å²) in [5, 5.41) is 9.56. The van der Waals surface area contributed by atoms with Gasteiger partial charge in [-0.15, -0.1) is 0 Å².